The number of hydrogen-bond donors (Lipinski definition) is 0. The number of sulfonamides is 1. The van der Waals surface area contributed by atoms with E-state index in [1.165, 1.54) is 21.7 Å². The molecule has 1 fully saturated rings. The van der Waals surface area contributed by atoms with Gasteiger partial charge in [-0.25, -0.2) is 8.42 Å². The van der Waals surface area contributed by atoms with Gasteiger partial charge in [0.1, 0.15) is 10.3 Å². The number of carbonyl (C=O) groups excluding carboxylic acids is 1. The van der Waals surface area contributed by atoms with Crippen LogP contribution in [0.15, 0.2) is 38.8 Å². The van der Waals surface area contributed by atoms with E-state index in [2.05, 4.69) is 10.9 Å². The van der Waals surface area contributed by atoms with E-state index >= 15 is 0 Å². The normalized spacial score (nSPS) is 18.2. The molecule has 1 aliphatic rings. The van der Waals surface area contributed by atoms with Crippen molar-refractivity contribution in [3.63, 3.8) is 0 Å². The third-order valence-corrected chi connectivity index (χ3v) is 9.86. The molecule has 1 aromatic carbocycles. The van der Waals surface area contributed by atoms with Gasteiger partial charge in [0.25, 0.3) is 15.9 Å². The lowest BCUT2D eigenvalue weighted by atomic mass is 10.2. The smallest absolute Gasteiger partial charge is 0.266 e. The molecule has 3 heterocycles. The number of nitrogens with zero attached hydrogens (tertiary/aromatic N) is 3. The van der Waals surface area contributed by atoms with Gasteiger partial charge in [-0.05, 0) is 36.4 Å². The molecule has 3 aromatic rings. The molecule has 0 bridgehead atoms. The Bertz CT molecular complexity index is 1330. The fraction of sp³-hybridized carbons (Fsp3) is 0.263. The summed E-state index contributed by atoms with van der Waals surface area (Å²) in [7, 11) is -3.75. The number of benzene rings is 1. The van der Waals surface area contributed by atoms with E-state index in [1.807, 2.05) is 0 Å². The van der Waals surface area contributed by atoms with Crippen molar-refractivity contribution in [2.45, 2.75) is 29.6 Å². The van der Waals surface area contributed by atoms with Crippen molar-refractivity contribution >= 4 is 72.0 Å². The number of amides is 1. The molecule has 0 spiro atoms. The van der Waals surface area contributed by atoms with Gasteiger partial charge >= 0.3 is 0 Å². The molecular weight excluding hydrogens is 485 g/mol. The van der Waals surface area contributed by atoms with E-state index in [4.69, 9.17) is 29.6 Å². The second kappa shape index (κ2) is 8.46. The molecule has 11 heteroatoms. The molecule has 30 heavy (non-hydrogen) atoms. The van der Waals surface area contributed by atoms with Gasteiger partial charge in [-0.2, -0.15) is 9.30 Å². The second-order valence-electron chi connectivity index (χ2n) is 6.54. The Labute approximate surface area is 191 Å². The summed E-state index contributed by atoms with van der Waals surface area (Å²) in [6.45, 7) is 0.425. The van der Waals surface area contributed by atoms with Crippen LogP contribution in [0.5, 0.6) is 0 Å². The number of hydrogen-bond acceptors (Lipinski definition) is 5. The van der Waals surface area contributed by atoms with Crippen LogP contribution in [0.25, 0.3) is 10.2 Å². The van der Waals surface area contributed by atoms with Crippen molar-refractivity contribution in [3.8, 4) is 12.3 Å². The molecule has 1 atom stereocenters. The predicted octanol–water partition coefficient (Wildman–Crippen LogP) is 3.98. The monoisotopic (exact) mass is 499 g/mol. The highest BCUT2D eigenvalue weighted by Gasteiger charge is 2.40. The Kier molecular flexibility index (Phi) is 6.08. The van der Waals surface area contributed by atoms with Crippen LogP contribution >= 0.6 is 45.9 Å². The lowest BCUT2D eigenvalue weighted by Gasteiger charge is -2.20. The van der Waals surface area contributed by atoms with Crippen LogP contribution in [0.2, 0.25) is 10.0 Å². The van der Waals surface area contributed by atoms with Crippen LogP contribution in [-0.4, -0.2) is 35.8 Å². The summed E-state index contributed by atoms with van der Waals surface area (Å²) in [5, 5.41) is 2.61. The van der Waals surface area contributed by atoms with Gasteiger partial charge < -0.3 is 4.57 Å². The molecule has 2 aromatic heterocycles. The van der Waals surface area contributed by atoms with Gasteiger partial charge in [0.2, 0.25) is 0 Å². The second-order valence-corrected chi connectivity index (χ2v) is 11.4. The van der Waals surface area contributed by atoms with Crippen molar-refractivity contribution in [2.75, 3.05) is 6.54 Å². The largest absolute Gasteiger partial charge is 0.303 e. The Morgan fingerprint density at radius 2 is 2.07 bits per heavy atom. The first-order valence-electron chi connectivity index (χ1n) is 8.89. The molecule has 1 unspecified atom stereocenters. The van der Waals surface area contributed by atoms with Gasteiger partial charge in [-0.15, -0.1) is 17.8 Å². The minimum absolute atomic E-state index is 0.147. The topological polar surface area (TPSA) is 71.7 Å². The molecule has 0 saturated carbocycles. The minimum Gasteiger partial charge on any atom is -0.303 e. The van der Waals surface area contributed by atoms with Crippen LogP contribution in [0, 0.1) is 12.3 Å². The van der Waals surface area contributed by atoms with Crippen LogP contribution in [0.3, 0.4) is 0 Å². The molecule has 1 saturated heterocycles. The maximum atomic E-state index is 13.1. The summed E-state index contributed by atoms with van der Waals surface area (Å²) in [5.41, 5.74) is 0.605. The summed E-state index contributed by atoms with van der Waals surface area (Å²) in [5.74, 6) is 2.01. The summed E-state index contributed by atoms with van der Waals surface area (Å²) < 4.78 is 29.7. The van der Waals surface area contributed by atoms with Gasteiger partial charge in [0.15, 0.2) is 4.80 Å². The number of halogens is 2. The standard InChI is InChI=1S/C19H15Cl2N3O3S3/c1-2-9-23-16-12(20)7-8-13(21)17(16)29-19(23)22-18(25)14-5-3-10-24(14)30(26,27)15-6-4-11-28-15/h1,4,6-8,11,14H,3,5,9-10H2. The zero-order chi connectivity index (χ0) is 21.5. The number of carbonyl (C=O) groups is 1. The predicted molar refractivity (Wildman–Crippen MR) is 120 cm³/mol. The average Bonchev–Trinajstić information content (AvgIpc) is 3.45. The quantitative estimate of drug-likeness (QED) is 0.509. The molecule has 4 rings (SSSR count). The van der Waals surface area contributed by atoms with E-state index in [9.17, 15) is 13.2 Å². The van der Waals surface area contributed by atoms with Gasteiger partial charge in [0.05, 0.1) is 26.8 Å². The highest BCUT2D eigenvalue weighted by molar-refractivity contribution is 7.91. The van der Waals surface area contributed by atoms with Gasteiger partial charge in [-0.3, -0.25) is 4.79 Å². The number of aromatic nitrogens is 1. The van der Waals surface area contributed by atoms with Crippen molar-refractivity contribution in [3.05, 3.63) is 44.5 Å². The van der Waals surface area contributed by atoms with E-state index < -0.39 is 22.0 Å². The molecular formula is C19H15Cl2N3O3S3. The van der Waals surface area contributed by atoms with E-state index in [0.717, 1.165) is 11.3 Å². The third kappa shape index (κ3) is 3.73. The first-order valence-corrected chi connectivity index (χ1v) is 12.8. The van der Waals surface area contributed by atoms with E-state index in [-0.39, 0.29) is 17.3 Å². The van der Waals surface area contributed by atoms with Gasteiger partial charge in [0, 0.05) is 6.54 Å². The van der Waals surface area contributed by atoms with E-state index in [0.29, 0.717) is 37.9 Å². The maximum Gasteiger partial charge on any atom is 0.266 e. The summed E-state index contributed by atoms with van der Waals surface area (Å²) in [4.78, 5) is 17.6. The van der Waals surface area contributed by atoms with Crippen LogP contribution in [0.4, 0.5) is 0 Å². The fourth-order valence-electron chi connectivity index (χ4n) is 3.40. The lowest BCUT2D eigenvalue weighted by Crippen LogP contribution is -2.40. The van der Waals surface area contributed by atoms with Crippen molar-refractivity contribution in [2.24, 2.45) is 4.99 Å². The zero-order valence-corrected chi connectivity index (χ0v) is 19.4. The molecule has 0 aliphatic carbocycles. The Hall–Kier alpha value is -1.67. The van der Waals surface area contributed by atoms with Gasteiger partial charge in [-0.1, -0.05) is 46.5 Å². The molecule has 6 nitrogen and oxygen atoms in total. The van der Waals surface area contributed by atoms with Crippen molar-refractivity contribution in [1.82, 2.24) is 8.87 Å². The van der Waals surface area contributed by atoms with E-state index in [1.54, 1.807) is 28.1 Å². The van der Waals surface area contributed by atoms with Crippen molar-refractivity contribution in [1.29, 1.82) is 0 Å². The highest BCUT2D eigenvalue weighted by Crippen LogP contribution is 2.32. The summed E-state index contributed by atoms with van der Waals surface area (Å²) in [6, 6.07) is 5.67. The SMILES string of the molecule is C#CCn1c(=NC(=O)C2CCCN2S(=O)(=O)c2cccs2)sc2c(Cl)ccc(Cl)c21. The molecule has 1 amide bonds. The average molecular weight is 500 g/mol. The number of rotatable bonds is 4. The maximum absolute atomic E-state index is 13.1. The summed E-state index contributed by atoms with van der Waals surface area (Å²) in [6.07, 6.45) is 6.50. The molecule has 156 valence electrons. The summed E-state index contributed by atoms with van der Waals surface area (Å²) >= 11 is 14.9. The molecule has 0 radical (unpaired) electrons. The van der Waals surface area contributed by atoms with Crippen LogP contribution in [-0.2, 0) is 21.4 Å². The Morgan fingerprint density at radius 1 is 1.30 bits per heavy atom. The molecule has 1 aliphatic heterocycles. The van der Waals surface area contributed by atoms with Crippen LogP contribution < -0.4 is 4.80 Å². The molecule has 0 N–H and O–H groups in total. The number of fused-ring (bicyclic) bond motifs is 1. The number of thiophene rings is 1. The van der Waals surface area contributed by atoms with Crippen molar-refractivity contribution < 1.29 is 13.2 Å². The highest BCUT2D eigenvalue weighted by atomic mass is 35.5. The lowest BCUT2D eigenvalue weighted by molar-refractivity contribution is -0.121. The zero-order valence-electron chi connectivity index (χ0n) is 15.4. The van der Waals surface area contributed by atoms with Crippen LogP contribution in [0.1, 0.15) is 12.8 Å². The number of thiazole rings is 1. The Balaban J connectivity index is 1.78. The first-order chi connectivity index (χ1) is 14.3. The Morgan fingerprint density at radius 3 is 2.77 bits per heavy atom. The first kappa shape index (κ1) is 21.6. The third-order valence-electron chi connectivity index (χ3n) is 4.73. The minimum atomic E-state index is -3.75. The fourth-order valence-corrected chi connectivity index (χ4v) is 7.82. The number of terminal acetylenes is 1.